The van der Waals surface area contributed by atoms with Crippen molar-refractivity contribution in [3.8, 4) is 0 Å². The van der Waals surface area contributed by atoms with Crippen molar-refractivity contribution in [3.63, 3.8) is 0 Å². The van der Waals surface area contributed by atoms with Crippen LogP contribution in [0.5, 0.6) is 0 Å². The minimum absolute atomic E-state index is 0.309. The first-order valence-corrected chi connectivity index (χ1v) is 8.44. The number of likely N-dealkylation sites (N-methyl/N-ethyl adjacent to an activating group) is 1. The second kappa shape index (κ2) is 8.20. The summed E-state index contributed by atoms with van der Waals surface area (Å²) in [6, 6.07) is 6.84. The molecule has 0 fully saturated rings. The Morgan fingerprint density at radius 1 is 1.44 bits per heavy atom. The largest absolute Gasteiger partial charge is 0.329 e. The first-order valence-electron chi connectivity index (χ1n) is 6.25. The first-order chi connectivity index (χ1) is 8.60. The maximum Gasteiger partial charge on any atom is 0.0467 e. The number of nitrogens with zero attached hydrogens (tertiary/aromatic N) is 1. The second-order valence-electron chi connectivity index (χ2n) is 4.59. The number of thioether (sulfide) groups is 1. The third kappa shape index (κ3) is 4.57. The molecule has 1 unspecified atom stereocenters. The predicted octanol–water partition coefficient (Wildman–Crippen LogP) is 3.44. The molecule has 0 radical (unpaired) electrons. The molecule has 1 atom stereocenters. The van der Waals surface area contributed by atoms with Gasteiger partial charge in [0, 0.05) is 17.1 Å². The van der Waals surface area contributed by atoms with Crippen LogP contribution in [0.15, 0.2) is 22.7 Å². The van der Waals surface area contributed by atoms with Crippen LogP contribution in [0.3, 0.4) is 0 Å². The van der Waals surface area contributed by atoms with Gasteiger partial charge >= 0.3 is 0 Å². The van der Waals surface area contributed by atoms with E-state index in [1.54, 1.807) is 0 Å². The molecule has 0 aromatic heterocycles. The lowest BCUT2D eigenvalue weighted by atomic mass is 10.0. The highest BCUT2D eigenvalue weighted by atomic mass is 79.9. The molecule has 102 valence electrons. The van der Waals surface area contributed by atoms with Crippen molar-refractivity contribution in [1.29, 1.82) is 0 Å². The maximum atomic E-state index is 5.94. The summed E-state index contributed by atoms with van der Waals surface area (Å²) in [5, 5.41) is 0. The van der Waals surface area contributed by atoms with Crippen LogP contribution in [0.2, 0.25) is 0 Å². The number of rotatable bonds is 7. The van der Waals surface area contributed by atoms with E-state index in [9.17, 15) is 0 Å². The van der Waals surface area contributed by atoms with Crippen LogP contribution >= 0.6 is 27.7 Å². The zero-order valence-electron chi connectivity index (χ0n) is 11.4. The molecule has 18 heavy (non-hydrogen) atoms. The standard InChI is InChI=1S/C14H23BrN2S/c1-11-5-6-12(9-13(11)15)14(10-16)17(2)7-4-8-18-3/h5-6,9,14H,4,7-8,10,16H2,1-3H3. The molecule has 4 heteroatoms. The molecule has 0 saturated carbocycles. The maximum absolute atomic E-state index is 5.94. The molecule has 0 amide bonds. The smallest absolute Gasteiger partial charge is 0.0467 e. The summed E-state index contributed by atoms with van der Waals surface area (Å²) in [7, 11) is 2.16. The molecular weight excluding hydrogens is 308 g/mol. The van der Waals surface area contributed by atoms with E-state index in [1.807, 2.05) is 11.8 Å². The molecule has 0 aliphatic heterocycles. The lowest BCUT2D eigenvalue weighted by molar-refractivity contribution is 0.251. The number of hydrogen-bond acceptors (Lipinski definition) is 3. The fourth-order valence-corrected chi connectivity index (χ4v) is 2.82. The minimum atomic E-state index is 0.309. The average Bonchev–Trinajstić information content (AvgIpc) is 2.35. The van der Waals surface area contributed by atoms with Crippen LogP contribution in [0.4, 0.5) is 0 Å². The Kier molecular flexibility index (Phi) is 7.30. The number of nitrogens with two attached hydrogens (primary N) is 1. The highest BCUT2D eigenvalue weighted by molar-refractivity contribution is 9.10. The molecular formula is C14H23BrN2S. The lowest BCUT2D eigenvalue weighted by Crippen LogP contribution is -2.31. The van der Waals surface area contributed by atoms with E-state index in [2.05, 4.69) is 59.3 Å². The number of halogens is 1. The Balaban J connectivity index is 2.72. The molecule has 0 spiro atoms. The Bertz CT molecular complexity index is 371. The zero-order valence-corrected chi connectivity index (χ0v) is 13.9. The van der Waals surface area contributed by atoms with Gasteiger partial charge < -0.3 is 5.73 Å². The molecule has 2 N–H and O–H groups in total. The molecule has 0 bridgehead atoms. The molecule has 0 aliphatic carbocycles. The SMILES string of the molecule is CSCCCN(C)C(CN)c1ccc(C)c(Br)c1. The summed E-state index contributed by atoms with van der Waals surface area (Å²) in [6.45, 7) is 3.85. The fraction of sp³-hybridized carbons (Fsp3) is 0.571. The van der Waals surface area contributed by atoms with Crippen LogP contribution in [0.25, 0.3) is 0 Å². The van der Waals surface area contributed by atoms with Crippen molar-refractivity contribution in [2.45, 2.75) is 19.4 Å². The van der Waals surface area contributed by atoms with Crippen LogP contribution in [-0.2, 0) is 0 Å². The molecule has 2 nitrogen and oxygen atoms in total. The Labute approximate surface area is 123 Å². The van der Waals surface area contributed by atoms with Gasteiger partial charge in [0.1, 0.15) is 0 Å². The van der Waals surface area contributed by atoms with E-state index >= 15 is 0 Å². The van der Waals surface area contributed by atoms with Gasteiger partial charge in [-0.1, -0.05) is 28.1 Å². The number of benzene rings is 1. The Hall–Kier alpha value is -0.0300. The van der Waals surface area contributed by atoms with Gasteiger partial charge in [-0.25, -0.2) is 0 Å². The predicted molar refractivity (Wildman–Crippen MR) is 86.3 cm³/mol. The van der Waals surface area contributed by atoms with Gasteiger partial charge in [0.2, 0.25) is 0 Å². The highest BCUT2D eigenvalue weighted by Crippen LogP contribution is 2.24. The Morgan fingerprint density at radius 3 is 2.72 bits per heavy atom. The van der Waals surface area contributed by atoms with Crippen molar-refractivity contribution < 1.29 is 0 Å². The van der Waals surface area contributed by atoms with Crippen molar-refractivity contribution in [1.82, 2.24) is 4.90 Å². The van der Waals surface area contributed by atoms with Gasteiger partial charge in [-0.3, -0.25) is 4.90 Å². The first kappa shape index (κ1) is 16.0. The quantitative estimate of drug-likeness (QED) is 0.776. The van der Waals surface area contributed by atoms with E-state index in [-0.39, 0.29) is 0 Å². The molecule has 0 aliphatic rings. The highest BCUT2D eigenvalue weighted by Gasteiger charge is 2.15. The molecule has 0 saturated heterocycles. The van der Waals surface area contributed by atoms with Gasteiger partial charge in [0.05, 0.1) is 0 Å². The third-order valence-electron chi connectivity index (χ3n) is 3.20. The van der Waals surface area contributed by atoms with Crippen LogP contribution in [0.1, 0.15) is 23.6 Å². The van der Waals surface area contributed by atoms with Gasteiger partial charge in [0.25, 0.3) is 0 Å². The molecule has 1 aromatic carbocycles. The van der Waals surface area contributed by atoms with Gasteiger partial charge in [-0.2, -0.15) is 11.8 Å². The summed E-state index contributed by atoms with van der Waals surface area (Å²) in [5.41, 5.74) is 8.49. The van der Waals surface area contributed by atoms with Gasteiger partial charge in [-0.05, 0) is 56.1 Å². The van der Waals surface area contributed by atoms with Crippen molar-refractivity contribution >= 4 is 27.7 Å². The van der Waals surface area contributed by atoms with Gasteiger partial charge in [-0.15, -0.1) is 0 Å². The topological polar surface area (TPSA) is 29.3 Å². The van der Waals surface area contributed by atoms with Crippen LogP contribution in [0, 0.1) is 6.92 Å². The molecule has 1 aromatic rings. The van der Waals surface area contributed by atoms with Crippen LogP contribution in [-0.4, -0.2) is 37.0 Å². The summed E-state index contributed by atoms with van der Waals surface area (Å²) in [4.78, 5) is 2.35. The summed E-state index contributed by atoms with van der Waals surface area (Å²) in [6.07, 6.45) is 3.36. The molecule has 1 rings (SSSR count). The van der Waals surface area contributed by atoms with Crippen molar-refractivity contribution in [2.75, 3.05) is 32.1 Å². The van der Waals surface area contributed by atoms with E-state index in [0.29, 0.717) is 12.6 Å². The normalized spacial score (nSPS) is 13.0. The summed E-state index contributed by atoms with van der Waals surface area (Å²) >= 11 is 5.49. The minimum Gasteiger partial charge on any atom is -0.329 e. The van der Waals surface area contributed by atoms with E-state index in [4.69, 9.17) is 5.73 Å². The second-order valence-corrected chi connectivity index (χ2v) is 6.43. The average molecular weight is 331 g/mol. The van der Waals surface area contributed by atoms with E-state index in [0.717, 1.165) is 11.0 Å². The molecule has 0 heterocycles. The summed E-state index contributed by atoms with van der Waals surface area (Å²) in [5.74, 6) is 1.21. The third-order valence-corrected chi connectivity index (χ3v) is 4.75. The van der Waals surface area contributed by atoms with E-state index < -0.39 is 0 Å². The number of aryl methyl sites for hydroxylation is 1. The zero-order chi connectivity index (χ0) is 13.5. The summed E-state index contributed by atoms with van der Waals surface area (Å²) < 4.78 is 1.16. The van der Waals surface area contributed by atoms with Crippen molar-refractivity contribution in [2.24, 2.45) is 5.73 Å². The van der Waals surface area contributed by atoms with Crippen molar-refractivity contribution in [3.05, 3.63) is 33.8 Å². The fourth-order valence-electron chi connectivity index (χ4n) is 2.00. The van der Waals surface area contributed by atoms with E-state index in [1.165, 1.54) is 23.3 Å². The van der Waals surface area contributed by atoms with Crippen LogP contribution < -0.4 is 5.73 Å². The monoisotopic (exact) mass is 330 g/mol. The Morgan fingerprint density at radius 2 is 2.17 bits per heavy atom. The number of hydrogen-bond donors (Lipinski definition) is 1. The van der Waals surface area contributed by atoms with Gasteiger partial charge in [0.15, 0.2) is 0 Å². The lowest BCUT2D eigenvalue weighted by Gasteiger charge is -2.27.